The van der Waals surface area contributed by atoms with Crippen molar-refractivity contribution in [1.82, 2.24) is 4.98 Å². The lowest BCUT2D eigenvalue weighted by molar-refractivity contribution is -0.107. The van der Waals surface area contributed by atoms with E-state index in [0.717, 1.165) is 0 Å². The molecule has 0 aliphatic carbocycles. The molecular formula is C27H32BF2NO5. The maximum atomic E-state index is 13.1. The van der Waals surface area contributed by atoms with E-state index in [1.165, 1.54) is 37.6 Å². The van der Waals surface area contributed by atoms with E-state index in [4.69, 9.17) is 27.5 Å². The van der Waals surface area contributed by atoms with Crippen LogP contribution in [-0.4, -0.2) is 53.9 Å². The molecule has 1 aromatic carbocycles. The van der Waals surface area contributed by atoms with Gasteiger partial charge >= 0.3 is 5.97 Å². The van der Waals surface area contributed by atoms with Gasteiger partial charge in [0.25, 0.3) is 6.43 Å². The summed E-state index contributed by atoms with van der Waals surface area (Å²) in [5, 5.41) is 18.2. The van der Waals surface area contributed by atoms with Crippen molar-refractivity contribution in [3.8, 4) is 16.9 Å². The number of carbonyl (C=O) groups excluding carboxylic acids is 1. The lowest BCUT2D eigenvalue weighted by atomic mass is 9.89. The van der Waals surface area contributed by atoms with Crippen molar-refractivity contribution in [3.05, 3.63) is 78.7 Å². The third-order valence-corrected chi connectivity index (χ3v) is 5.35. The Kier molecular flexibility index (Phi) is 11.2. The van der Waals surface area contributed by atoms with Crippen LogP contribution in [0.3, 0.4) is 0 Å². The van der Waals surface area contributed by atoms with Gasteiger partial charge in [-0.25, -0.2) is 13.6 Å². The predicted molar refractivity (Wildman–Crippen MR) is 138 cm³/mol. The number of pyridine rings is 1. The third-order valence-electron chi connectivity index (χ3n) is 5.35. The van der Waals surface area contributed by atoms with Crippen LogP contribution < -0.4 is 10.2 Å². The Bertz CT molecular complexity index is 1090. The molecule has 2 aromatic rings. The van der Waals surface area contributed by atoms with Gasteiger partial charge in [-0.15, -0.1) is 0 Å². The van der Waals surface area contributed by atoms with E-state index in [1.807, 2.05) is 0 Å². The lowest BCUT2D eigenvalue weighted by Crippen LogP contribution is -2.44. The number of esters is 1. The molecule has 6 nitrogen and oxygen atoms in total. The first-order valence-electron chi connectivity index (χ1n) is 10.9. The Hall–Kier alpha value is -3.30. The second kappa shape index (κ2) is 13.1. The molecule has 0 fully saturated rings. The second-order valence-electron chi connectivity index (χ2n) is 8.79. The number of halogens is 2. The van der Waals surface area contributed by atoms with Crippen LogP contribution in [0.25, 0.3) is 11.1 Å². The number of ether oxygens (including phenoxy) is 2. The molecule has 0 aliphatic rings. The van der Waals surface area contributed by atoms with Gasteiger partial charge in [-0.3, -0.25) is 4.98 Å². The molecule has 0 bridgehead atoms. The lowest BCUT2D eigenvalue weighted by Gasteiger charge is -2.31. The molecule has 9 heteroatoms. The summed E-state index contributed by atoms with van der Waals surface area (Å²) in [4.78, 5) is 16.3. The van der Waals surface area contributed by atoms with Gasteiger partial charge in [-0.2, -0.15) is 0 Å². The SMILES string of the molecule is CC(C)(O)C(C)(C)O.[B]c1ccc(C(=O)OC/C(C=C)=C/C=C)c(-c2cc(C(F)F)ncc2OC)c1. The van der Waals surface area contributed by atoms with Crippen molar-refractivity contribution in [2.24, 2.45) is 0 Å². The number of aliphatic hydroxyl groups is 2. The highest BCUT2D eigenvalue weighted by Gasteiger charge is 2.32. The quantitative estimate of drug-likeness (QED) is 0.301. The predicted octanol–water partition coefficient (Wildman–Crippen LogP) is 4.47. The van der Waals surface area contributed by atoms with Gasteiger partial charge in [-0.1, -0.05) is 49.0 Å². The number of rotatable bonds is 9. The highest BCUT2D eigenvalue weighted by Crippen LogP contribution is 2.34. The molecule has 0 amide bonds. The number of methoxy groups -OCH3 is 1. The summed E-state index contributed by atoms with van der Waals surface area (Å²) >= 11 is 0. The summed E-state index contributed by atoms with van der Waals surface area (Å²) in [5.41, 5.74) is -0.734. The molecule has 0 saturated heterocycles. The van der Waals surface area contributed by atoms with Crippen LogP contribution in [0.5, 0.6) is 5.75 Å². The molecule has 2 N–H and O–H groups in total. The van der Waals surface area contributed by atoms with Gasteiger partial charge in [-0.05, 0) is 51.0 Å². The Balaban J connectivity index is 0.000000697. The van der Waals surface area contributed by atoms with Gasteiger partial charge in [0.05, 0.1) is 30.1 Å². The minimum absolute atomic E-state index is 0.0199. The van der Waals surface area contributed by atoms with Crippen molar-refractivity contribution >= 4 is 19.3 Å². The number of aromatic nitrogens is 1. The van der Waals surface area contributed by atoms with Crippen molar-refractivity contribution in [1.29, 1.82) is 0 Å². The Labute approximate surface area is 212 Å². The minimum atomic E-state index is -2.78. The standard InChI is InChI=1S/C21H18BF2NO3.C6H14O2/c1-4-6-13(5-2)12-28-21(26)15-8-7-14(22)9-16(15)17-10-18(20(23)24)25-11-19(17)27-3;1-5(2,7)6(3,4)8/h4-11,20H,1-2,12H2,3H3;7-8H,1-4H3/b13-6+;. The van der Waals surface area contributed by atoms with Gasteiger partial charge in [0.15, 0.2) is 0 Å². The summed E-state index contributed by atoms with van der Waals surface area (Å²) in [6.07, 6.45) is 3.15. The zero-order valence-electron chi connectivity index (χ0n) is 21.2. The van der Waals surface area contributed by atoms with Gasteiger partial charge in [0.2, 0.25) is 0 Å². The molecule has 2 rings (SSSR count). The number of hydrogen-bond acceptors (Lipinski definition) is 6. The molecule has 0 unspecified atom stereocenters. The topological polar surface area (TPSA) is 88.9 Å². The molecule has 0 aliphatic heterocycles. The van der Waals surface area contributed by atoms with Gasteiger partial charge < -0.3 is 19.7 Å². The Morgan fingerprint density at radius 2 is 1.75 bits per heavy atom. The van der Waals surface area contributed by atoms with E-state index in [1.54, 1.807) is 45.9 Å². The van der Waals surface area contributed by atoms with E-state index in [-0.39, 0.29) is 23.5 Å². The van der Waals surface area contributed by atoms with E-state index < -0.39 is 29.3 Å². The zero-order chi connectivity index (χ0) is 27.7. The van der Waals surface area contributed by atoms with Crippen LogP contribution >= 0.6 is 0 Å². The highest BCUT2D eigenvalue weighted by atomic mass is 19.3. The molecule has 0 spiro atoms. The smallest absolute Gasteiger partial charge is 0.339 e. The first-order chi connectivity index (χ1) is 16.7. The molecule has 0 saturated carbocycles. The fourth-order valence-corrected chi connectivity index (χ4v) is 2.47. The number of alkyl halides is 2. The van der Waals surface area contributed by atoms with E-state index >= 15 is 0 Å². The number of benzene rings is 1. The van der Waals surface area contributed by atoms with Crippen LogP contribution in [-0.2, 0) is 4.74 Å². The number of allylic oxidation sites excluding steroid dienone is 2. The largest absolute Gasteiger partial charge is 0.494 e. The van der Waals surface area contributed by atoms with Crippen LogP contribution in [0, 0.1) is 0 Å². The van der Waals surface area contributed by atoms with Crippen LogP contribution in [0.15, 0.2) is 67.4 Å². The summed E-state index contributed by atoms with van der Waals surface area (Å²) in [6.45, 7) is 13.5. The summed E-state index contributed by atoms with van der Waals surface area (Å²) in [5.74, 6) is -0.424. The van der Waals surface area contributed by atoms with Gasteiger partial charge in [0.1, 0.15) is 25.9 Å². The van der Waals surface area contributed by atoms with E-state index in [0.29, 0.717) is 16.6 Å². The van der Waals surface area contributed by atoms with Gasteiger partial charge in [0, 0.05) is 5.56 Å². The number of nitrogens with zero attached hydrogens (tertiary/aromatic N) is 1. The number of hydrogen-bond donors (Lipinski definition) is 2. The van der Waals surface area contributed by atoms with E-state index in [2.05, 4.69) is 18.1 Å². The summed E-state index contributed by atoms with van der Waals surface area (Å²) < 4.78 is 36.8. The van der Waals surface area contributed by atoms with E-state index in [9.17, 15) is 13.6 Å². The first-order valence-corrected chi connectivity index (χ1v) is 10.9. The number of carbonyl (C=O) groups is 1. The van der Waals surface area contributed by atoms with Crippen LogP contribution in [0.2, 0.25) is 0 Å². The summed E-state index contributed by atoms with van der Waals surface area (Å²) in [7, 11) is 7.23. The Morgan fingerprint density at radius 3 is 2.22 bits per heavy atom. The normalized spacial score (nSPS) is 11.9. The molecule has 36 heavy (non-hydrogen) atoms. The molecule has 0 atom stereocenters. The van der Waals surface area contributed by atoms with Crippen molar-refractivity contribution in [2.45, 2.75) is 45.3 Å². The van der Waals surface area contributed by atoms with Crippen molar-refractivity contribution < 1.29 is 33.3 Å². The molecule has 1 heterocycles. The molecule has 192 valence electrons. The average molecular weight is 499 g/mol. The monoisotopic (exact) mass is 499 g/mol. The second-order valence-corrected chi connectivity index (χ2v) is 8.79. The third kappa shape index (κ3) is 8.73. The van der Waals surface area contributed by atoms with Crippen molar-refractivity contribution in [3.63, 3.8) is 0 Å². The fourth-order valence-electron chi connectivity index (χ4n) is 2.47. The van der Waals surface area contributed by atoms with Crippen molar-refractivity contribution in [2.75, 3.05) is 13.7 Å². The zero-order valence-corrected chi connectivity index (χ0v) is 21.2. The maximum absolute atomic E-state index is 13.1. The first kappa shape index (κ1) is 30.7. The Morgan fingerprint density at radius 1 is 1.14 bits per heavy atom. The van der Waals surface area contributed by atoms with Crippen LogP contribution in [0.4, 0.5) is 8.78 Å². The highest BCUT2D eigenvalue weighted by molar-refractivity contribution is 6.32. The average Bonchev–Trinajstić information content (AvgIpc) is 2.80. The maximum Gasteiger partial charge on any atom is 0.339 e. The fraction of sp³-hybridized carbons (Fsp3) is 0.333. The molecule has 2 radical (unpaired) electrons. The molecular weight excluding hydrogens is 467 g/mol. The minimum Gasteiger partial charge on any atom is -0.494 e. The summed E-state index contributed by atoms with van der Waals surface area (Å²) in [6, 6.07) is 5.66. The van der Waals surface area contributed by atoms with Crippen LogP contribution in [0.1, 0.15) is 50.2 Å². The molecule has 1 aromatic heterocycles.